The monoisotopic (exact) mass is 252 g/mol. The minimum atomic E-state index is 0.747. The number of nitrogens with zero attached hydrogens (tertiary/aromatic N) is 1. The Labute approximate surface area is 104 Å². The van der Waals surface area contributed by atoms with Gasteiger partial charge in [-0.3, -0.25) is 0 Å². The Balaban J connectivity index is 2.02. The Morgan fingerprint density at radius 1 is 1.38 bits per heavy atom. The highest BCUT2D eigenvalue weighted by atomic mass is 35.5. The summed E-state index contributed by atoms with van der Waals surface area (Å²) >= 11 is 7.63. The summed E-state index contributed by atoms with van der Waals surface area (Å²) < 4.78 is 0. The van der Waals surface area contributed by atoms with Gasteiger partial charge >= 0.3 is 0 Å². The quantitative estimate of drug-likeness (QED) is 0.892. The number of aromatic nitrogens is 1. The molecular weight excluding hydrogens is 240 g/mol. The normalized spacial score (nSPS) is 10.4. The Morgan fingerprint density at radius 2 is 2.19 bits per heavy atom. The summed E-state index contributed by atoms with van der Waals surface area (Å²) in [6.07, 6.45) is 0. The van der Waals surface area contributed by atoms with Gasteiger partial charge in [-0.2, -0.15) is 0 Å². The summed E-state index contributed by atoms with van der Waals surface area (Å²) in [5, 5.41) is 5.16. The van der Waals surface area contributed by atoms with Crippen molar-refractivity contribution >= 4 is 28.6 Å². The molecule has 0 radical (unpaired) electrons. The first-order valence-corrected chi connectivity index (χ1v) is 6.27. The molecular formula is C12H13ClN2S. The van der Waals surface area contributed by atoms with Crippen LogP contribution in [0.15, 0.2) is 24.3 Å². The van der Waals surface area contributed by atoms with Gasteiger partial charge in [0.25, 0.3) is 0 Å². The molecule has 0 aliphatic rings. The highest BCUT2D eigenvalue weighted by Crippen LogP contribution is 2.19. The summed E-state index contributed by atoms with van der Waals surface area (Å²) in [7, 11) is 0. The van der Waals surface area contributed by atoms with E-state index >= 15 is 0 Å². The lowest BCUT2D eigenvalue weighted by Crippen LogP contribution is -1.98. The van der Waals surface area contributed by atoms with Crippen LogP contribution in [0.2, 0.25) is 5.02 Å². The number of rotatable bonds is 3. The van der Waals surface area contributed by atoms with Crippen LogP contribution in [-0.4, -0.2) is 4.98 Å². The molecule has 0 amide bonds. The first kappa shape index (κ1) is 11.4. The van der Waals surface area contributed by atoms with Gasteiger partial charge in [-0.15, -0.1) is 11.3 Å². The molecule has 0 aliphatic heterocycles. The average Bonchev–Trinajstić information content (AvgIpc) is 2.56. The first-order chi connectivity index (χ1) is 7.65. The highest BCUT2D eigenvalue weighted by molar-refractivity contribution is 7.11. The molecule has 0 aliphatic carbocycles. The van der Waals surface area contributed by atoms with Gasteiger partial charge in [0, 0.05) is 15.6 Å². The zero-order valence-electron chi connectivity index (χ0n) is 9.25. The summed E-state index contributed by atoms with van der Waals surface area (Å²) in [5.41, 5.74) is 2.14. The number of hydrogen-bond donors (Lipinski definition) is 1. The third-order valence-corrected chi connectivity index (χ3v) is 3.65. The average molecular weight is 253 g/mol. The maximum atomic E-state index is 5.90. The van der Waals surface area contributed by atoms with Crippen molar-refractivity contribution in [3.63, 3.8) is 0 Å². The van der Waals surface area contributed by atoms with Gasteiger partial charge in [-0.25, -0.2) is 4.98 Å². The molecule has 2 nitrogen and oxygen atoms in total. The van der Waals surface area contributed by atoms with E-state index in [9.17, 15) is 0 Å². The molecule has 2 aromatic rings. The molecule has 0 spiro atoms. The van der Waals surface area contributed by atoms with Crippen molar-refractivity contribution in [3.05, 3.63) is 44.9 Å². The molecule has 84 valence electrons. The second kappa shape index (κ2) is 4.85. The lowest BCUT2D eigenvalue weighted by Gasteiger charge is -2.03. The van der Waals surface area contributed by atoms with E-state index in [1.54, 1.807) is 11.3 Å². The van der Waals surface area contributed by atoms with Crippen LogP contribution in [0, 0.1) is 13.8 Å². The molecule has 16 heavy (non-hydrogen) atoms. The fraction of sp³-hybridized carbons (Fsp3) is 0.250. The fourth-order valence-electron chi connectivity index (χ4n) is 1.39. The molecule has 0 unspecified atom stereocenters. The maximum Gasteiger partial charge on any atom is 0.112 e. The number of anilines is 1. The van der Waals surface area contributed by atoms with Gasteiger partial charge in [-0.1, -0.05) is 17.7 Å². The molecule has 0 saturated carbocycles. The summed E-state index contributed by atoms with van der Waals surface area (Å²) in [5.74, 6) is 0. The number of halogens is 1. The molecule has 2 rings (SSSR count). The van der Waals surface area contributed by atoms with E-state index < -0.39 is 0 Å². The van der Waals surface area contributed by atoms with Gasteiger partial charge in [0.1, 0.15) is 5.01 Å². The van der Waals surface area contributed by atoms with Gasteiger partial charge in [0.2, 0.25) is 0 Å². The van der Waals surface area contributed by atoms with E-state index in [0.29, 0.717) is 0 Å². The van der Waals surface area contributed by atoms with Crippen molar-refractivity contribution in [2.24, 2.45) is 0 Å². The minimum absolute atomic E-state index is 0.747. The number of hydrogen-bond acceptors (Lipinski definition) is 3. The van der Waals surface area contributed by atoms with E-state index in [2.05, 4.69) is 17.2 Å². The zero-order valence-corrected chi connectivity index (χ0v) is 10.8. The second-order valence-corrected chi connectivity index (χ2v) is 5.34. The van der Waals surface area contributed by atoms with Crippen molar-refractivity contribution in [3.8, 4) is 0 Å². The summed E-state index contributed by atoms with van der Waals surface area (Å²) in [4.78, 5) is 5.75. The molecule has 4 heteroatoms. The van der Waals surface area contributed by atoms with E-state index in [0.717, 1.165) is 28.0 Å². The molecule has 0 atom stereocenters. The van der Waals surface area contributed by atoms with Crippen LogP contribution in [0.5, 0.6) is 0 Å². The summed E-state index contributed by atoms with van der Waals surface area (Å²) in [6, 6.07) is 7.71. The molecule has 1 aromatic heterocycles. The van der Waals surface area contributed by atoms with E-state index in [1.165, 1.54) is 4.88 Å². The van der Waals surface area contributed by atoms with E-state index in [4.69, 9.17) is 11.6 Å². The lowest BCUT2D eigenvalue weighted by molar-refractivity contribution is 1.07. The first-order valence-electron chi connectivity index (χ1n) is 5.07. The Kier molecular flexibility index (Phi) is 3.46. The number of nitrogens with one attached hydrogen (secondary N) is 1. The Morgan fingerprint density at radius 3 is 2.81 bits per heavy atom. The van der Waals surface area contributed by atoms with Gasteiger partial charge < -0.3 is 5.32 Å². The Bertz CT molecular complexity index is 474. The van der Waals surface area contributed by atoms with Crippen LogP contribution in [-0.2, 0) is 6.54 Å². The van der Waals surface area contributed by atoms with Gasteiger partial charge in [-0.05, 0) is 32.0 Å². The molecule has 1 aromatic carbocycles. The van der Waals surface area contributed by atoms with Crippen LogP contribution in [0.4, 0.5) is 5.69 Å². The molecule has 1 heterocycles. The molecule has 0 fully saturated rings. The molecule has 1 N–H and O–H groups in total. The highest BCUT2D eigenvalue weighted by Gasteiger charge is 2.03. The van der Waals surface area contributed by atoms with Crippen LogP contribution >= 0.6 is 22.9 Å². The second-order valence-electron chi connectivity index (χ2n) is 3.61. The van der Waals surface area contributed by atoms with E-state index in [-0.39, 0.29) is 0 Å². The Hall–Kier alpha value is -1.06. The fourth-order valence-corrected chi connectivity index (χ4v) is 2.45. The predicted molar refractivity (Wildman–Crippen MR) is 70.4 cm³/mol. The van der Waals surface area contributed by atoms with Crippen LogP contribution in [0.1, 0.15) is 15.6 Å². The van der Waals surface area contributed by atoms with Gasteiger partial charge in [0.15, 0.2) is 0 Å². The number of benzene rings is 1. The minimum Gasteiger partial charge on any atom is -0.378 e. The standard InChI is InChI=1S/C12H13ClN2S/c1-8-9(2)16-12(15-8)7-14-11-5-3-4-10(13)6-11/h3-6,14H,7H2,1-2H3. The molecule has 0 bridgehead atoms. The van der Waals surface area contributed by atoms with Crippen LogP contribution < -0.4 is 5.32 Å². The topological polar surface area (TPSA) is 24.9 Å². The maximum absolute atomic E-state index is 5.90. The zero-order chi connectivity index (χ0) is 11.5. The number of aryl methyl sites for hydroxylation is 2. The third kappa shape index (κ3) is 2.74. The largest absolute Gasteiger partial charge is 0.378 e. The van der Waals surface area contributed by atoms with E-state index in [1.807, 2.05) is 31.2 Å². The van der Waals surface area contributed by atoms with Crippen LogP contribution in [0.3, 0.4) is 0 Å². The van der Waals surface area contributed by atoms with Crippen molar-refractivity contribution in [2.45, 2.75) is 20.4 Å². The van der Waals surface area contributed by atoms with Crippen molar-refractivity contribution in [1.82, 2.24) is 4.98 Å². The lowest BCUT2D eigenvalue weighted by atomic mass is 10.3. The van der Waals surface area contributed by atoms with Crippen molar-refractivity contribution < 1.29 is 0 Å². The number of thiazole rings is 1. The predicted octanol–water partition coefficient (Wildman–Crippen LogP) is 4.03. The van der Waals surface area contributed by atoms with Crippen molar-refractivity contribution in [1.29, 1.82) is 0 Å². The van der Waals surface area contributed by atoms with Crippen molar-refractivity contribution in [2.75, 3.05) is 5.32 Å². The van der Waals surface area contributed by atoms with Gasteiger partial charge in [0.05, 0.1) is 12.2 Å². The van der Waals surface area contributed by atoms with Crippen LogP contribution in [0.25, 0.3) is 0 Å². The SMILES string of the molecule is Cc1nc(CNc2cccc(Cl)c2)sc1C. The molecule has 0 saturated heterocycles. The third-order valence-electron chi connectivity index (χ3n) is 2.34. The smallest absolute Gasteiger partial charge is 0.112 e. The summed E-state index contributed by atoms with van der Waals surface area (Å²) in [6.45, 7) is 4.88.